The van der Waals surface area contributed by atoms with E-state index >= 15 is 0 Å². The molecule has 1 aromatic heterocycles. The lowest BCUT2D eigenvalue weighted by Crippen LogP contribution is -2.20. The first-order valence-electron chi connectivity index (χ1n) is 7.81. The molecule has 0 radical (unpaired) electrons. The van der Waals surface area contributed by atoms with Gasteiger partial charge >= 0.3 is 5.82 Å². The number of hydrogen-bond acceptors (Lipinski definition) is 5. The van der Waals surface area contributed by atoms with E-state index < -0.39 is 10.8 Å². The van der Waals surface area contributed by atoms with Crippen molar-refractivity contribution in [2.24, 2.45) is 0 Å². The summed E-state index contributed by atoms with van der Waals surface area (Å²) in [5, 5.41) is 17.3. The van der Waals surface area contributed by atoms with E-state index in [-0.39, 0.29) is 23.7 Å². The number of nitro groups is 1. The Hall–Kier alpha value is -3.52. The fraction of sp³-hybridized carbons (Fsp3) is 0.0556. The van der Waals surface area contributed by atoms with Gasteiger partial charge in [0.05, 0.1) is 23.0 Å². The molecule has 0 atom stereocenters. The molecule has 0 aliphatic carbocycles. The molecule has 136 valence electrons. The summed E-state index contributed by atoms with van der Waals surface area (Å²) in [7, 11) is 0. The van der Waals surface area contributed by atoms with Crippen LogP contribution in [0.5, 0.6) is 0 Å². The number of ketones is 1. The van der Waals surface area contributed by atoms with Crippen molar-refractivity contribution in [3.8, 4) is 0 Å². The fourth-order valence-electron chi connectivity index (χ4n) is 2.43. The average molecular weight is 385 g/mol. The molecule has 3 rings (SSSR count). The van der Waals surface area contributed by atoms with Gasteiger partial charge in [-0.2, -0.15) is 4.68 Å². The summed E-state index contributed by atoms with van der Waals surface area (Å²) < 4.78 is 1.14. The smallest absolute Gasteiger partial charge is 0.358 e. The number of nitrogens with zero attached hydrogens (tertiary/aromatic N) is 3. The van der Waals surface area contributed by atoms with Gasteiger partial charge in [0, 0.05) is 16.1 Å². The van der Waals surface area contributed by atoms with E-state index in [9.17, 15) is 19.7 Å². The van der Waals surface area contributed by atoms with Gasteiger partial charge in [-0.3, -0.25) is 9.59 Å². The Balaban J connectivity index is 1.81. The molecule has 0 saturated heterocycles. The maximum Gasteiger partial charge on any atom is 0.389 e. The number of carbonyl (C=O) groups excluding carboxylic acids is 2. The molecule has 9 heteroatoms. The molecule has 3 aromatic rings. The van der Waals surface area contributed by atoms with Crippen molar-refractivity contribution >= 4 is 34.8 Å². The van der Waals surface area contributed by atoms with Gasteiger partial charge in [-0.25, -0.2) is 0 Å². The Labute approximate surface area is 158 Å². The quantitative estimate of drug-likeness (QED) is 0.398. The largest absolute Gasteiger partial charge is 0.389 e. The van der Waals surface area contributed by atoms with Gasteiger partial charge < -0.3 is 15.4 Å². The second-order valence-electron chi connectivity index (χ2n) is 5.56. The summed E-state index contributed by atoms with van der Waals surface area (Å²) in [5.74, 6) is -1.13. The van der Waals surface area contributed by atoms with E-state index in [1.807, 2.05) is 0 Å². The highest BCUT2D eigenvalue weighted by atomic mass is 35.5. The van der Waals surface area contributed by atoms with Crippen LogP contribution in [0.4, 0.5) is 11.5 Å². The number of hydrogen-bond donors (Lipinski definition) is 1. The highest BCUT2D eigenvalue weighted by molar-refractivity contribution is 6.31. The van der Waals surface area contributed by atoms with Gasteiger partial charge in [0.1, 0.15) is 6.54 Å². The molecular formula is C18H13ClN4O4. The van der Waals surface area contributed by atoms with Gasteiger partial charge in [-0.1, -0.05) is 41.9 Å². The molecule has 0 fully saturated rings. The van der Waals surface area contributed by atoms with Crippen LogP contribution in [0.3, 0.4) is 0 Å². The van der Waals surface area contributed by atoms with E-state index in [4.69, 9.17) is 11.6 Å². The van der Waals surface area contributed by atoms with Crippen molar-refractivity contribution in [2.45, 2.75) is 6.54 Å². The Kier molecular flexibility index (Phi) is 5.28. The minimum atomic E-state index is -0.649. The normalized spacial score (nSPS) is 10.4. The van der Waals surface area contributed by atoms with E-state index in [0.717, 1.165) is 4.68 Å². The van der Waals surface area contributed by atoms with Crippen LogP contribution in [0, 0.1) is 10.1 Å². The van der Waals surface area contributed by atoms with Crippen LogP contribution in [-0.2, 0) is 11.3 Å². The molecule has 0 saturated carbocycles. The monoisotopic (exact) mass is 384 g/mol. The Morgan fingerprint density at radius 2 is 1.89 bits per heavy atom. The Morgan fingerprint density at radius 1 is 1.15 bits per heavy atom. The maximum absolute atomic E-state index is 12.7. The second-order valence-corrected chi connectivity index (χ2v) is 6.00. The minimum Gasteiger partial charge on any atom is -0.358 e. The van der Waals surface area contributed by atoms with Crippen LogP contribution in [0.15, 0.2) is 60.8 Å². The first-order valence-corrected chi connectivity index (χ1v) is 8.19. The van der Waals surface area contributed by atoms with Crippen LogP contribution in [-0.4, -0.2) is 26.4 Å². The van der Waals surface area contributed by atoms with Crippen molar-refractivity contribution in [1.82, 2.24) is 9.78 Å². The number of carbonyl (C=O) groups is 2. The number of nitrogens with one attached hydrogen (secondary N) is 1. The molecule has 1 N–H and O–H groups in total. The summed E-state index contributed by atoms with van der Waals surface area (Å²) in [6.07, 6.45) is 1.33. The zero-order valence-corrected chi connectivity index (χ0v) is 14.6. The van der Waals surface area contributed by atoms with Crippen LogP contribution in [0.25, 0.3) is 0 Å². The number of halogens is 1. The summed E-state index contributed by atoms with van der Waals surface area (Å²) in [5.41, 5.74) is 0.992. The van der Waals surface area contributed by atoms with Crippen molar-refractivity contribution in [1.29, 1.82) is 0 Å². The van der Waals surface area contributed by atoms with Gasteiger partial charge in [0.15, 0.2) is 5.78 Å². The summed E-state index contributed by atoms with van der Waals surface area (Å²) >= 11 is 6.00. The number of benzene rings is 2. The fourth-order valence-corrected chi connectivity index (χ4v) is 2.60. The van der Waals surface area contributed by atoms with E-state index in [1.54, 1.807) is 36.4 Å². The number of amides is 1. The number of anilines is 1. The van der Waals surface area contributed by atoms with Crippen LogP contribution >= 0.6 is 11.6 Å². The third-order valence-corrected chi connectivity index (χ3v) is 3.89. The van der Waals surface area contributed by atoms with Gasteiger partial charge in [0.25, 0.3) is 0 Å². The Morgan fingerprint density at radius 3 is 2.56 bits per heavy atom. The Bertz CT molecular complexity index is 1020. The number of rotatable bonds is 6. The molecule has 2 aromatic carbocycles. The topological polar surface area (TPSA) is 107 Å². The van der Waals surface area contributed by atoms with E-state index in [0.29, 0.717) is 16.3 Å². The van der Waals surface area contributed by atoms with Gasteiger partial charge in [-0.05, 0) is 23.1 Å². The van der Waals surface area contributed by atoms with E-state index in [2.05, 4.69) is 10.4 Å². The third kappa shape index (κ3) is 4.36. The van der Waals surface area contributed by atoms with E-state index in [1.165, 1.54) is 24.4 Å². The molecule has 0 spiro atoms. The molecule has 27 heavy (non-hydrogen) atoms. The highest BCUT2D eigenvalue weighted by Gasteiger charge is 2.18. The zero-order valence-electron chi connectivity index (χ0n) is 13.8. The molecule has 0 aliphatic heterocycles. The number of aromatic nitrogens is 2. The van der Waals surface area contributed by atoms with Crippen LogP contribution in [0.1, 0.15) is 15.9 Å². The molecule has 8 nitrogen and oxygen atoms in total. The third-order valence-electron chi connectivity index (χ3n) is 3.66. The second kappa shape index (κ2) is 7.79. The maximum atomic E-state index is 12.7. The molecule has 0 bridgehead atoms. The van der Waals surface area contributed by atoms with Crippen LogP contribution < -0.4 is 5.32 Å². The van der Waals surface area contributed by atoms with Crippen molar-refractivity contribution < 1.29 is 14.5 Å². The van der Waals surface area contributed by atoms with Gasteiger partial charge in [0.2, 0.25) is 5.91 Å². The summed E-state index contributed by atoms with van der Waals surface area (Å²) in [6.45, 7) is -0.241. The lowest BCUT2D eigenvalue weighted by molar-refractivity contribution is -0.389. The molecule has 1 amide bonds. The predicted molar refractivity (Wildman–Crippen MR) is 98.8 cm³/mol. The molecule has 0 aliphatic rings. The SMILES string of the molecule is O=C(Cn1ccc([N+](=O)[O-])n1)Nc1ccc(Cl)cc1C(=O)c1ccccc1. The minimum absolute atomic E-state index is 0.241. The first-order chi connectivity index (χ1) is 12.9. The summed E-state index contributed by atoms with van der Waals surface area (Å²) in [4.78, 5) is 35.0. The molecule has 0 unspecified atom stereocenters. The lowest BCUT2D eigenvalue weighted by atomic mass is 10.0. The van der Waals surface area contributed by atoms with Gasteiger partial charge in [-0.15, -0.1) is 0 Å². The van der Waals surface area contributed by atoms with Crippen molar-refractivity contribution in [2.75, 3.05) is 5.32 Å². The lowest BCUT2D eigenvalue weighted by Gasteiger charge is -2.11. The standard InChI is InChI=1S/C18H13ClN4O4/c19-13-6-7-15(14(10-13)18(25)12-4-2-1-3-5-12)20-17(24)11-22-9-8-16(21-22)23(26)27/h1-10H,11H2,(H,20,24). The predicted octanol–water partition coefficient (Wildman–Crippen LogP) is 3.31. The zero-order chi connectivity index (χ0) is 19.4. The van der Waals surface area contributed by atoms with Crippen LogP contribution in [0.2, 0.25) is 5.02 Å². The highest BCUT2D eigenvalue weighted by Crippen LogP contribution is 2.24. The first kappa shape index (κ1) is 18.3. The average Bonchev–Trinajstić information content (AvgIpc) is 3.12. The molecular weight excluding hydrogens is 372 g/mol. The molecule has 1 heterocycles. The summed E-state index contributed by atoms with van der Waals surface area (Å²) in [6, 6.07) is 14.3. The van der Waals surface area contributed by atoms with Crippen molar-refractivity contribution in [3.63, 3.8) is 0 Å². The van der Waals surface area contributed by atoms with Crippen molar-refractivity contribution in [3.05, 3.63) is 87.1 Å².